The molecular weight excluding hydrogens is 420 g/mol. The van der Waals surface area contributed by atoms with E-state index in [4.69, 9.17) is 16.3 Å². The summed E-state index contributed by atoms with van der Waals surface area (Å²) >= 11 is 8.84. The van der Waals surface area contributed by atoms with Gasteiger partial charge < -0.3 is 15.0 Å². The summed E-state index contributed by atoms with van der Waals surface area (Å²) in [4.78, 5) is 33.7. The first-order chi connectivity index (χ1) is 13.5. The van der Waals surface area contributed by atoms with Crippen LogP contribution in [0.3, 0.4) is 0 Å². The molecule has 1 aliphatic heterocycles. The van der Waals surface area contributed by atoms with Gasteiger partial charge in [0.25, 0.3) is 5.91 Å². The molecule has 0 unspecified atom stereocenters. The molecule has 0 bridgehead atoms. The topological polar surface area (TPSA) is 74.8 Å². The van der Waals surface area contributed by atoms with Crippen LogP contribution in [0.4, 0.5) is 5.13 Å². The Kier molecular flexibility index (Phi) is 7.43. The number of ether oxygens (including phenoxy) is 1. The van der Waals surface area contributed by atoms with Gasteiger partial charge in [-0.15, -0.1) is 29.3 Å². The Balaban J connectivity index is 1.40. The van der Waals surface area contributed by atoms with Crippen molar-refractivity contribution in [2.24, 2.45) is 0 Å². The zero-order valence-corrected chi connectivity index (χ0v) is 17.6. The van der Waals surface area contributed by atoms with Gasteiger partial charge in [-0.3, -0.25) is 9.69 Å². The molecule has 150 valence electrons. The van der Waals surface area contributed by atoms with E-state index in [1.807, 2.05) is 12.1 Å². The number of aromatic nitrogens is 1. The number of piperazine rings is 1. The van der Waals surface area contributed by atoms with Crippen molar-refractivity contribution in [3.8, 4) is 0 Å². The van der Waals surface area contributed by atoms with E-state index >= 15 is 0 Å². The molecule has 10 heteroatoms. The lowest BCUT2D eigenvalue weighted by Gasteiger charge is -2.34. The molecule has 1 aliphatic rings. The van der Waals surface area contributed by atoms with Crippen molar-refractivity contribution in [2.45, 2.75) is 6.54 Å². The average Bonchev–Trinajstić information content (AvgIpc) is 3.34. The number of nitrogens with one attached hydrogen (secondary N) is 1. The van der Waals surface area contributed by atoms with Gasteiger partial charge in [0.15, 0.2) is 17.4 Å². The highest BCUT2D eigenvalue weighted by Crippen LogP contribution is 2.23. The molecule has 0 spiro atoms. The molecule has 0 radical (unpaired) electrons. The number of halogens is 1. The molecule has 1 N–H and O–H groups in total. The van der Waals surface area contributed by atoms with E-state index in [1.54, 1.807) is 27.7 Å². The first-order valence-corrected chi connectivity index (χ1v) is 10.8. The van der Waals surface area contributed by atoms with Crippen LogP contribution in [0.2, 0.25) is 4.34 Å². The third-order valence-electron chi connectivity index (χ3n) is 4.17. The van der Waals surface area contributed by atoms with E-state index in [1.165, 1.54) is 16.2 Å². The molecule has 7 nitrogen and oxygen atoms in total. The second kappa shape index (κ2) is 10.0. The van der Waals surface area contributed by atoms with Gasteiger partial charge in [0.1, 0.15) is 0 Å². The number of anilines is 1. The molecule has 1 fully saturated rings. The highest BCUT2D eigenvalue weighted by Gasteiger charge is 2.23. The predicted octanol–water partition coefficient (Wildman–Crippen LogP) is 2.96. The summed E-state index contributed by atoms with van der Waals surface area (Å²) in [7, 11) is 0. The Labute approximate surface area is 176 Å². The van der Waals surface area contributed by atoms with Crippen molar-refractivity contribution in [1.82, 2.24) is 14.8 Å². The molecule has 3 rings (SSSR count). The molecule has 0 atom stereocenters. The van der Waals surface area contributed by atoms with Gasteiger partial charge in [-0.25, -0.2) is 9.78 Å². The zero-order chi connectivity index (χ0) is 19.9. The summed E-state index contributed by atoms with van der Waals surface area (Å²) in [5.41, 5.74) is 0.198. The number of thiazole rings is 1. The standard InChI is InChI=1S/C18H21ClN4O3S2/c1-2-5-20-18-21-14(12-27-18)17(25)26-11-16(24)23-8-6-22(7-9-23)10-13-3-4-15(19)28-13/h2-4,12H,1,5-11H2,(H,20,21). The smallest absolute Gasteiger partial charge is 0.358 e. The van der Waals surface area contributed by atoms with Crippen LogP contribution in [-0.4, -0.2) is 66.0 Å². The number of thiophene rings is 1. The molecule has 2 aromatic rings. The highest BCUT2D eigenvalue weighted by atomic mass is 35.5. The van der Waals surface area contributed by atoms with Crippen molar-refractivity contribution < 1.29 is 14.3 Å². The maximum Gasteiger partial charge on any atom is 0.358 e. The molecule has 28 heavy (non-hydrogen) atoms. The minimum Gasteiger partial charge on any atom is -0.451 e. The van der Waals surface area contributed by atoms with Crippen LogP contribution >= 0.6 is 34.3 Å². The SMILES string of the molecule is C=CCNc1nc(C(=O)OCC(=O)N2CCN(Cc3ccc(Cl)s3)CC2)cs1. The lowest BCUT2D eigenvalue weighted by atomic mass is 10.3. The average molecular weight is 441 g/mol. The van der Waals surface area contributed by atoms with Crippen LogP contribution in [0.1, 0.15) is 15.4 Å². The molecule has 1 amide bonds. The summed E-state index contributed by atoms with van der Waals surface area (Å²) in [6.07, 6.45) is 1.70. The van der Waals surface area contributed by atoms with Crippen molar-refractivity contribution in [3.63, 3.8) is 0 Å². The number of hydrogen-bond donors (Lipinski definition) is 1. The quantitative estimate of drug-likeness (QED) is 0.502. The Morgan fingerprint density at radius 2 is 2.11 bits per heavy atom. The number of carbonyl (C=O) groups excluding carboxylic acids is 2. The zero-order valence-electron chi connectivity index (χ0n) is 15.2. The number of esters is 1. The van der Waals surface area contributed by atoms with Crippen LogP contribution in [0, 0.1) is 0 Å². The second-order valence-corrected chi connectivity index (χ2v) is 8.80. The number of nitrogens with zero attached hydrogens (tertiary/aromatic N) is 3. The minimum atomic E-state index is -0.593. The maximum absolute atomic E-state index is 12.3. The van der Waals surface area contributed by atoms with Crippen LogP contribution < -0.4 is 5.32 Å². The van der Waals surface area contributed by atoms with E-state index in [0.717, 1.165) is 24.0 Å². The van der Waals surface area contributed by atoms with Gasteiger partial charge in [0.05, 0.1) is 4.34 Å². The van der Waals surface area contributed by atoms with Gasteiger partial charge in [-0.05, 0) is 12.1 Å². The van der Waals surface area contributed by atoms with Gasteiger partial charge >= 0.3 is 5.97 Å². The Morgan fingerprint density at radius 1 is 1.32 bits per heavy atom. The fourth-order valence-corrected chi connectivity index (χ4v) is 4.53. The Hall–Kier alpha value is -1.94. The van der Waals surface area contributed by atoms with Crippen LogP contribution in [0.5, 0.6) is 0 Å². The number of hydrogen-bond acceptors (Lipinski definition) is 8. The van der Waals surface area contributed by atoms with Gasteiger partial charge in [-0.2, -0.15) is 0 Å². The lowest BCUT2D eigenvalue weighted by molar-refractivity contribution is -0.136. The molecule has 1 saturated heterocycles. The van der Waals surface area contributed by atoms with Gasteiger partial charge in [-0.1, -0.05) is 17.7 Å². The Bertz CT molecular complexity index is 830. The summed E-state index contributed by atoms with van der Waals surface area (Å²) in [5.74, 6) is -0.781. The summed E-state index contributed by atoms with van der Waals surface area (Å²) in [6.45, 7) is 7.51. The normalized spacial score (nSPS) is 14.7. The summed E-state index contributed by atoms with van der Waals surface area (Å²) in [5, 5.41) is 5.22. The van der Waals surface area contributed by atoms with E-state index in [-0.39, 0.29) is 18.2 Å². The first kappa shape index (κ1) is 20.8. The Morgan fingerprint density at radius 3 is 2.79 bits per heavy atom. The monoisotopic (exact) mass is 440 g/mol. The maximum atomic E-state index is 12.3. The van der Waals surface area contributed by atoms with Crippen molar-refractivity contribution in [2.75, 3.05) is 44.6 Å². The van der Waals surface area contributed by atoms with Crippen molar-refractivity contribution in [1.29, 1.82) is 0 Å². The van der Waals surface area contributed by atoms with Crippen molar-refractivity contribution in [3.05, 3.63) is 45.1 Å². The van der Waals surface area contributed by atoms with E-state index in [0.29, 0.717) is 24.8 Å². The van der Waals surface area contributed by atoms with E-state index in [2.05, 4.69) is 21.8 Å². The molecule has 0 saturated carbocycles. The molecule has 2 aromatic heterocycles. The predicted molar refractivity (Wildman–Crippen MR) is 112 cm³/mol. The third-order valence-corrected chi connectivity index (χ3v) is 6.19. The number of carbonyl (C=O) groups is 2. The van der Waals surface area contributed by atoms with Gasteiger partial charge in [0.2, 0.25) is 0 Å². The first-order valence-electron chi connectivity index (χ1n) is 8.77. The molecule has 0 aliphatic carbocycles. The number of rotatable bonds is 8. The molecular formula is C18H21ClN4O3S2. The largest absolute Gasteiger partial charge is 0.451 e. The van der Waals surface area contributed by atoms with Crippen LogP contribution in [-0.2, 0) is 16.1 Å². The highest BCUT2D eigenvalue weighted by molar-refractivity contribution is 7.16. The van der Waals surface area contributed by atoms with Crippen molar-refractivity contribution >= 4 is 51.3 Å². The van der Waals surface area contributed by atoms with Crippen LogP contribution in [0.25, 0.3) is 0 Å². The van der Waals surface area contributed by atoms with Crippen LogP contribution in [0.15, 0.2) is 30.2 Å². The van der Waals surface area contributed by atoms with E-state index < -0.39 is 5.97 Å². The minimum absolute atomic E-state index is 0.188. The third kappa shape index (κ3) is 5.78. The fraction of sp³-hybridized carbons (Fsp3) is 0.389. The second-order valence-electron chi connectivity index (χ2n) is 6.15. The fourth-order valence-electron chi connectivity index (χ4n) is 2.71. The molecule has 3 heterocycles. The molecule has 0 aromatic carbocycles. The number of amides is 1. The van der Waals surface area contributed by atoms with Gasteiger partial charge in [0, 0.05) is 49.5 Å². The summed E-state index contributed by atoms with van der Waals surface area (Å²) in [6, 6.07) is 3.93. The lowest BCUT2D eigenvalue weighted by Crippen LogP contribution is -2.49. The summed E-state index contributed by atoms with van der Waals surface area (Å²) < 4.78 is 5.91. The van der Waals surface area contributed by atoms with E-state index in [9.17, 15) is 9.59 Å².